The smallest absolute Gasteiger partial charge is 0.409 e. The standard InChI is InChI=1S/C18H26N4O4/c1-2-25-18(24)22-9-7-21(8-10-22)17(23)16-12-14(5-6-19-16)20-13-15-4-3-11-26-15/h5-6,12,15H,2-4,7-11,13H2,1H3,(H,19,20). The summed E-state index contributed by atoms with van der Waals surface area (Å²) in [5.41, 5.74) is 1.27. The van der Waals surface area contributed by atoms with Gasteiger partial charge in [-0.1, -0.05) is 0 Å². The van der Waals surface area contributed by atoms with E-state index in [2.05, 4.69) is 10.3 Å². The van der Waals surface area contributed by atoms with Gasteiger partial charge in [-0.2, -0.15) is 0 Å². The van der Waals surface area contributed by atoms with E-state index in [0.717, 1.165) is 31.7 Å². The van der Waals surface area contributed by atoms with Crippen molar-refractivity contribution < 1.29 is 19.1 Å². The molecule has 0 spiro atoms. The Morgan fingerprint density at radius 1 is 1.31 bits per heavy atom. The van der Waals surface area contributed by atoms with Gasteiger partial charge in [0.2, 0.25) is 0 Å². The van der Waals surface area contributed by atoms with Gasteiger partial charge in [0.1, 0.15) is 5.69 Å². The van der Waals surface area contributed by atoms with Gasteiger partial charge in [0.05, 0.1) is 12.7 Å². The minimum atomic E-state index is -0.321. The lowest BCUT2D eigenvalue weighted by Crippen LogP contribution is -2.50. The summed E-state index contributed by atoms with van der Waals surface area (Å²) in [7, 11) is 0. The van der Waals surface area contributed by atoms with Crippen molar-refractivity contribution in [3.05, 3.63) is 24.0 Å². The van der Waals surface area contributed by atoms with Crippen molar-refractivity contribution in [2.45, 2.75) is 25.9 Å². The number of hydrogen-bond donors (Lipinski definition) is 1. The molecule has 2 fully saturated rings. The summed E-state index contributed by atoms with van der Waals surface area (Å²) >= 11 is 0. The van der Waals surface area contributed by atoms with Crippen LogP contribution in [0, 0.1) is 0 Å². The second-order valence-electron chi connectivity index (χ2n) is 6.42. The predicted molar refractivity (Wildman–Crippen MR) is 96.2 cm³/mol. The van der Waals surface area contributed by atoms with E-state index in [9.17, 15) is 9.59 Å². The maximum atomic E-state index is 12.7. The van der Waals surface area contributed by atoms with Crippen LogP contribution in [0.1, 0.15) is 30.3 Å². The Kier molecular flexibility index (Phi) is 6.27. The summed E-state index contributed by atoms with van der Waals surface area (Å²) in [6.07, 6.45) is 3.72. The average Bonchev–Trinajstić information content (AvgIpc) is 3.20. The summed E-state index contributed by atoms with van der Waals surface area (Å²) in [6.45, 7) is 5.60. The van der Waals surface area contributed by atoms with Gasteiger partial charge < -0.3 is 24.6 Å². The van der Waals surface area contributed by atoms with E-state index in [-0.39, 0.29) is 18.1 Å². The first-order valence-corrected chi connectivity index (χ1v) is 9.20. The van der Waals surface area contributed by atoms with Gasteiger partial charge in [0.25, 0.3) is 5.91 Å². The molecule has 2 saturated heterocycles. The summed E-state index contributed by atoms with van der Waals surface area (Å²) in [4.78, 5) is 32.0. The van der Waals surface area contributed by atoms with Gasteiger partial charge in [-0.3, -0.25) is 9.78 Å². The molecule has 0 radical (unpaired) electrons. The van der Waals surface area contributed by atoms with E-state index in [4.69, 9.17) is 9.47 Å². The van der Waals surface area contributed by atoms with Crippen LogP contribution in [0.2, 0.25) is 0 Å². The molecule has 0 aromatic carbocycles. The molecule has 1 aromatic heterocycles. The lowest BCUT2D eigenvalue weighted by molar-refractivity contribution is 0.0566. The maximum Gasteiger partial charge on any atom is 0.409 e. The number of carbonyl (C=O) groups is 2. The minimum absolute atomic E-state index is 0.116. The van der Waals surface area contributed by atoms with E-state index in [1.54, 1.807) is 29.0 Å². The normalized spacial score (nSPS) is 20.1. The number of ether oxygens (including phenoxy) is 2. The summed E-state index contributed by atoms with van der Waals surface area (Å²) in [5, 5.41) is 3.32. The zero-order chi connectivity index (χ0) is 18.4. The number of nitrogens with one attached hydrogen (secondary N) is 1. The highest BCUT2D eigenvalue weighted by Gasteiger charge is 2.26. The van der Waals surface area contributed by atoms with Crippen LogP contribution in [0.3, 0.4) is 0 Å². The average molecular weight is 362 g/mol. The Labute approximate surface area is 153 Å². The van der Waals surface area contributed by atoms with Crippen molar-refractivity contribution in [2.75, 3.05) is 51.3 Å². The third kappa shape index (κ3) is 4.63. The van der Waals surface area contributed by atoms with Gasteiger partial charge in [0.15, 0.2) is 0 Å². The molecular formula is C18H26N4O4. The van der Waals surface area contributed by atoms with Gasteiger partial charge in [0, 0.05) is 51.2 Å². The van der Waals surface area contributed by atoms with Gasteiger partial charge >= 0.3 is 6.09 Å². The maximum absolute atomic E-state index is 12.7. The molecule has 8 nitrogen and oxygen atoms in total. The SMILES string of the molecule is CCOC(=O)N1CCN(C(=O)c2cc(NCC3CCCO3)ccn2)CC1. The Morgan fingerprint density at radius 3 is 2.77 bits per heavy atom. The zero-order valence-corrected chi connectivity index (χ0v) is 15.1. The second kappa shape index (κ2) is 8.84. The number of amides is 2. The fraction of sp³-hybridized carbons (Fsp3) is 0.611. The first-order chi connectivity index (χ1) is 12.7. The summed E-state index contributed by atoms with van der Waals surface area (Å²) < 4.78 is 10.6. The fourth-order valence-electron chi connectivity index (χ4n) is 3.16. The molecular weight excluding hydrogens is 336 g/mol. The zero-order valence-electron chi connectivity index (χ0n) is 15.1. The minimum Gasteiger partial charge on any atom is -0.450 e. The molecule has 3 rings (SSSR count). The highest BCUT2D eigenvalue weighted by atomic mass is 16.6. The van der Waals surface area contributed by atoms with Crippen LogP contribution in [0.4, 0.5) is 10.5 Å². The van der Waals surface area contributed by atoms with Gasteiger partial charge in [-0.15, -0.1) is 0 Å². The molecule has 0 saturated carbocycles. The number of nitrogens with zero attached hydrogens (tertiary/aromatic N) is 3. The highest BCUT2D eigenvalue weighted by molar-refractivity contribution is 5.93. The van der Waals surface area contributed by atoms with E-state index >= 15 is 0 Å². The van der Waals surface area contributed by atoms with Crippen LogP contribution in [-0.4, -0.2) is 78.8 Å². The van der Waals surface area contributed by atoms with Gasteiger partial charge in [-0.05, 0) is 31.9 Å². The van der Waals surface area contributed by atoms with E-state index < -0.39 is 0 Å². The molecule has 2 aliphatic heterocycles. The molecule has 0 bridgehead atoms. The highest BCUT2D eigenvalue weighted by Crippen LogP contribution is 2.15. The third-order valence-corrected chi connectivity index (χ3v) is 4.63. The number of pyridine rings is 1. The number of carbonyl (C=O) groups excluding carboxylic acids is 2. The van der Waals surface area contributed by atoms with Crippen molar-refractivity contribution >= 4 is 17.7 Å². The number of piperazine rings is 1. The van der Waals surface area contributed by atoms with Crippen LogP contribution >= 0.6 is 0 Å². The van der Waals surface area contributed by atoms with Crippen molar-refractivity contribution in [3.8, 4) is 0 Å². The fourth-order valence-corrected chi connectivity index (χ4v) is 3.16. The second-order valence-corrected chi connectivity index (χ2v) is 6.42. The topological polar surface area (TPSA) is 84.0 Å². The first-order valence-electron chi connectivity index (χ1n) is 9.20. The molecule has 2 amide bonds. The molecule has 1 atom stereocenters. The molecule has 0 aliphatic carbocycles. The molecule has 26 heavy (non-hydrogen) atoms. The van der Waals surface area contributed by atoms with Crippen LogP contribution in [0.15, 0.2) is 18.3 Å². The van der Waals surface area contributed by atoms with E-state index in [0.29, 0.717) is 38.5 Å². The third-order valence-electron chi connectivity index (χ3n) is 4.63. The number of hydrogen-bond acceptors (Lipinski definition) is 6. The van der Waals surface area contributed by atoms with Crippen LogP contribution in [0.25, 0.3) is 0 Å². The number of aromatic nitrogens is 1. The van der Waals surface area contributed by atoms with Crippen molar-refractivity contribution in [2.24, 2.45) is 0 Å². The Morgan fingerprint density at radius 2 is 2.08 bits per heavy atom. The van der Waals surface area contributed by atoms with Crippen LogP contribution in [-0.2, 0) is 9.47 Å². The lowest BCUT2D eigenvalue weighted by Gasteiger charge is -2.33. The van der Waals surface area contributed by atoms with Crippen molar-refractivity contribution in [1.82, 2.24) is 14.8 Å². The molecule has 8 heteroatoms. The first kappa shape index (κ1) is 18.4. The largest absolute Gasteiger partial charge is 0.450 e. The molecule has 1 aromatic rings. The van der Waals surface area contributed by atoms with Crippen LogP contribution in [0.5, 0.6) is 0 Å². The van der Waals surface area contributed by atoms with Crippen molar-refractivity contribution in [3.63, 3.8) is 0 Å². The van der Waals surface area contributed by atoms with E-state index in [1.165, 1.54) is 0 Å². The lowest BCUT2D eigenvalue weighted by atomic mass is 10.2. The number of anilines is 1. The molecule has 142 valence electrons. The Bertz CT molecular complexity index is 625. The summed E-state index contributed by atoms with van der Waals surface area (Å²) in [5.74, 6) is -0.116. The van der Waals surface area contributed by atoms with E-state index in [1.807, 2.05) is 6.07 Å². The number of rotatable bonds is 5. The molecule has 1 unspecified atom stereocenters. The van der Waals surface area contributed by atoms with Crippen molar-refractivity contribution in [1.29, 1.82) is 0 Å². The Hall–Kier alpha value is -2.35. The Balaban J connectivity index is 1.53. The molecule has 3 heterocycles. The predicted octanol–water partition coefficient (Wildman–Crippen LogP) is 1.59. The molecule has 1 N–H and O–H groups in total. The van der Waals surface area contributed by atoms with Crippen LogP contribution < -0.4 is 5.32 Å². The monoisotopic (exact) mass is 362 g/mol. The summed E-state index contributed by atoms with van der Waals surface area (Å²) in [6, 6.07) is 3.62. The quantitative estimate of drug-likeness (QED) is 0.856. The van der Waals surface area contributed by atoms with Gasteiger partial charge in [-0.25, -0.2) is 4.79 Å². The molecule has 2 aliphatic rings.